The molecule has 3 heteroatoms. The van der Waals surface area contributed by atoms with Crippen LogP contribution in [0.4, 0.5) is 34.1 Å². The maximum atomic E-state index is 2.43. The Balaban J connectivity index is 0.702. The smallest absolute Gasteiger partial charge is 0.0541 e. The van der Waals surface area contributed by atoms with Crippen molar-refractivity contribution in [2.75, 3.05) is 9.80 Å². The summed E-state index contributed by atoms with van der Waals surface area (Å²) in [5.41, 5.74) is 25.3. The summed E-state index contributed by atoms with van der Waals surface area (Å²) in [6.45, 7) is 9.53. The van der Waals surface area contributed by atoms with Gasteiger partial charge in [-0.15, -0.1) is 0 Å². The lowest BCUT2D eigenvalue weighted by Crippen LogP contribution is -2.16. The van der Waals surface area contributed by atoms with Crippen LogP contribution in [0.25, 0.3) is 95.6 Å². The molecule has 0 radical (unpaired) electrons. The maximum Gasteiger partial charge on any atom is 0.0541 e. The van der Waals surface area contributed by atoms with E-state index in [-0.39, 0.29) is 10.8 Å². The lowest BCUT2D eigenvalue weighted by atomic mass is 9.81. The molecule has 14 aromatic rings. The average Bonchev–Trinajstić information content (AvgIpc) is 1.78. The summed E-state index contributed by atoms with van der Waals surface area (Å²) in [5, 5.41) is 7.36. The number of rotatable bonds is 11. The van der Waals surface area contributed by atoms with E-state index in [1.807, 2.05) is 0 Å². The molecular weight excluding hydrogens is 1050 g/mol. The number of aromatic nitrogens is 1. The number of hydrogen-bond acceptors (Lipinski definition) is 2. The van der Waals surface area contributed by atoms with Crippen molar-refractivity contribution in [2.24, 2.45) is 0 Å². The average molecular weight is 1110 g/mol. The summed E-state index contributed by atoms with van der Waals surface area (Å²) in [6.07, 6.45) is 9.14. The van der Waals surface area contributed by atoms with Gasteiger partial charge in [0.1, 0.15) is 0 Å². The highest BCUT2D eigenvalue weighted by atomic mass is 15.1. The zero-order valence-electron chi connectivity index (χ0n) is 49.3. The minimum Gasteiger partial charge on any atom is -0.310 e. The molecule has 3 nitrogen and oxygen atoms in total. The van der Waals surface area contributed by atoms with Gasteiger partial charge in [0, 0.05) is 60.8 Å². The summed E-state index contributed by atoms with van der Waals surface area (Å²) < 4.78 is 2.41. The lowest BCUT2D eigenvalue weighted by Gasteiger charge is -2.29. The Morgan fingerprint density at radius 3 is 1.06 bits per heavy atom. The maximum absolute atomic E-state index is 2.43. The van der Waals surface area contributed by atoms with E-state index in [4.69, 9.17) is 0 Å². The van der Waals surface area contributed by atoms with Crippen LogP contribution >= 0.6 is 0 Å². The van der Waals surface area contributed by atoms with E-state index in [9.17, 15) is 0 Å². The molecule has 414 valence electrons. The molecular formula is C84H63N3. The summed E-state index contributed by atoms with van der Waals surface area (Å²) in [4.78, 5) is 4.83. The highest BCUT2D eigenvalue weighted by molar-refractivity contribution is 6.11. The summed E-state index contributed by atoms with van der Waals surface area (Å²) >= 11 is 0. The molecule has 2 aliphatic carbocycles. The molecule has 0 saturated carbocycles. The Hall–Kier alpha value is -10.7. The molecule has 0 N–H and O–H groups in total. The van der Waals surface area contributed by atoms with Gasteiger partial charge in [-0.3, -0.25) is 0 Å². The third-order valence-electron chi connectivity index (χ3n) is 18.7. The third-order valence-corrected chi connectivity index (χ3v) is 18.7. The number of nitrogens with zero attached hydrogens (tertiary/aromatic N) is 3. The van der Waals surface area contributed by atoms with Crippen molar-refractivity contribution >= 4 is 102 Å². The van der Waals surface area contributed by atoms with Gasteiger partial charge >= 0.3 is 0 Å². The van der Waals surface area contributed by atoms with Crippen molar-refractivity contribution in [3.8, 4) is 27.9 Å². The van der Waals surface area contributed by atoms with E-state index in [1.54, 1.807) is 0 Å². The fourth-order valence-corrected chi connectivity index (χ4v) is 14.3. The Morgan fingerprint density at radius 1 is 0.276 bits per heavy atom. The molecule has 16 rings (SSSR count). The monoisotopic (exact) mass is 1110 g/mol. The van der Waals surface area contributed by atoms with E-state index in [1.165, 1.54) is 110 Å². The van der Waals surface area contributed by atoms with Crippen LogP contribution < -0.4 is 9.80 Å². The van der Waals surface area contributed by atoms with E-state index in [2.05, 4.69) is 351 Å². The van der Waals surface area contributed by atoms with Gasteiger partial charge in [0.05, 0.1) is 22.4 Å². The minimum atomic E-state index is -0.213. The topological polar surface area (TPSA) is 11.4 Å². The van der Waals surface area contributed by atoms with Gasteiger partial charge in [0.15, 0.2) is 0 Å². The SMILES string of the molecule is CC1(C)c2cc(/C=C/c3ccc4c(c3)c3cc(/C=C/c5ccc6c(c5)C(C)(C)c5cc(N(c7ccccc7)c7cccc8ccccc78)ccc5-6)ccc3n4-c3ccccc3)ccc2-c2ccc(N(c3ccccc3)c3cccc4ccccc34)cc21. The van der Waals surface area contributed by atoms with Gasteiger partial charge in [-0.2, -0.15) is 0 Å². The number of hydrogen-bond donors (Lipinski definition) is 0. The molecule has 0 spiro atoms. The lowest BCUT2D eigenvalue weighted by molar-refractivity contribution is 0.660. The second-order valence-corrected chi connectivity index (χ2v) is 24.5. The molecule has 0 fully saturated rings. The Labute approximate surface area is 509 Å². The van der Waals surface area contributed by atoms with Crippen molar-refractivity contribution < 1.29 is 0 Å². The molecule has 0 amide bonds. The number of fused-ring (bicyclic) bond motifs is 11. The van der Waals surface area contributed by atoms with Crippen molar-refractivity contribution in [1.29, 1.82) is 0 Å². The summed E-state index contributed by atoms with van der Waals surface area (Å²) in [7, 11) is 0. The van der Waals surface area contributed by atoms with Crippen LogP contribution in [0.15, 0.2) is 285 Å². The summed E-state index contributed by atoms with van der Waals surface area (Å²) in [5.74, 6) is 0. The molecule has 13 aromatic carbocycles. The molecule has 1 heterocycles. The van der Waals surface area contributed by atoms with Crippen molar-refractivity contribution in [1.82, 2.24) is 4.57 Å². The highest BCUT2D eigenvalue weighted by Crippen LogP contribution is 2.54. The zero-order valence-corrected chi connectivity index (χ0v) is 49.3. The van der Waals surface area contributed by atoms with Gasteiger partial charge in [-0.1, -0.05) is 240 Å². The van der Waals surface area contributed by atoms with Crippen molar-refractivity contribution in [2.45, 2.75) is 38.5 Å². The Kier molecular flexibility index (Phi) is 12.2. The number of anilines is 6. The van der Waals surface area contributed by atoms with E-state index in [0.717, 1.165) is 39.6 Å². The second-order valence-electron chi connectivity index (χ2n) is 24.5. The predicted molar refractivity (Wildman–Crippen MR) is 371 cm³/mol. The minimum absolute atomic E-state index is 0.213. The summed E-state index contributed by atoms with van der Waals surface area (Å²) in [6, 6.07) is 105. The van der Waals surface area contributed by atoms with Crippen LogP contribution in [0.2, 0.25) is 0 Å². The van der Waals surface area contributed by atoms with Crippen LogP contribution in [0.1, 0.15) is 72.2 Å². The quantitative estimate of drug-likeness (QED) is 0.120. The second kappa shape index (κ2) is 20.5. The standard InChI is InChI=1S/C84H63N3/c1-83(2)75-52-58(38-44-69(75)71-46-42-65(54-77(71)83)85(62-24-8-5-9-25-62)79-32-18-22-60-20-14-16-30-67(60)79)36-34-56-40-48-81-73(50-56)74-51-57(41-49-82(74)87(81)64-28-12-7-13-29-64)35-37-59-39-45-70-72-47-43-66(55-78(72)84(3,4)76(70)53-59)86(63-26-10-6-11-27-63)80-33-19-23-61-21-15-17-31-68(61)80/h5-55H,1-4H3/b36-34+,37-35+. The molecule has 0 unspecified atom stereocenters. The first-order valence-electron chi connectivity index (χ1n) is 30.4. The molecule has 87 heavy (non-hydrogen) atoms. The highest BCUT2D eigenvalue weighted by Gasteiger charge is 2.38. The van der Waals surface area contributed by atoms with E-state index >= 15 is 0 Å². The van der Waals surface area contributed by atoms with Crippen molar-refractivity contribution in [3.63, 3.8) is 0 Å². The number of para-hydroxylation sites is 3. The van der Waals surface area contributed by atoms with Gasteiger partial charge in [0.25, 0.3) is 0 Å². The first kappa shape index (κ1) is 51.9. The van der Waals surface area contributed by atoms with Gasteiger partial charge in [0.2, 0.25) is 0 Å². The molecule has 0 bridgehead atoms. The van der Waals surface area contributed by atoms with Gasteiger partial charge in [-0.25, -0.2) is 0 Å². The largest absolute Gasteiger partial charge is 0.310 e. The van der Waals surface area contributed by atoms with Crippen LogP contribution in [0.3, 0.4) is 0 Å². The zero-order chi connectivity index (χ0) is 58.4. The fraction of sp³-hybridized carbons (Fsp3) is 0.0714. The fourth-order valence-electron chi connectivity index (χ4n) is 14.3. The normalized spacial score (nSPS) is 13.6. The molecule has 0 atom stereocenters. The Morgan fingerprint density at radius 2 is 0.621 bits per heavy atom. The van der Waals surface area contributed by atoms with Crippen LogP contribution in [0, 0.1) is 0 Å². The van der Waals surface area contributed by atoms with E-state index in [0.29, 0.717) is 0 Å². The van der Waals surface area contributed by atoms with Crippen LogP contribution in [-0.4, -0.2) is 4.57 Å². The van der Waals surface area contributed by atoms with Gasteiger partial charge < -0.3 is 14.4 Å². The van der Waals surface area contributed by atoms with E-state index < -0.39 is 0 Å². The predicted octanol–water partition coefficient (Wildman–Crippen LogP) is 23.0. The molecule has 1 aromatic heterocycles. The Bertz CT molecular complexity index is 4790. The van der Waals surface area contributed by atoms with Crippen LogP contribution in [0.5, 0.6) is 0 Å². The molecule has 0 aliphatic heterocycles. The molecule has 2 aliphatic rings. The molecule has 0 saturated heterocycles. The van der Waals surface area contributed by atoms with Crippen molar-refractivity contribution in [3.05, 3.63) is 330 Å². The third kappa shape index (κ3) is 8.72. The van der Waals surface area contributed by atoms with Gasteiger partial charge in [-0.05, 0) is 175 Å². The first-order chi connectivity index (χ1) is 42.6. The van der Waals surface area contributed by atoms with Crippen LogP contribution in [-0.2, 0) is 10.8 Å². The number of benzene rings is 13. The first-order valence-corrected chi connectivity index (χ1v) is 30.4.